The van der Waals surface area contributed by atoms with Gasteiger partial charge in [0.25, 0.3) is 0 Å². The summed E-state index contributed by atoms with van der Waals surface area (Å²) in [5.41, 5.74) is 16.2. The molecule has 3 heteroatoms. The molecule has 0 aliphatic heterocycles. The summed E-state index contributed by atoms with van der Waals surface area (Å²) in [4.78, 5) is 2.54. The first-order chi connectivity index (χ1) is 35.2. The number of aromatic nitrogens is 1. The quantitative estimate of drug-likeness (QED) is 0.147. The Morgan fingerprint density at radius 3 is 1.75 bits per heavy atom. The molecule has 332 valence electrons. The monoisotopic (exact) mass is 920 g/mol. The molecule has 0 spiro atoms. The fourth-order valence-electron chi connectivity index (χ4n) is 11.1. The number of hydrogen-bond acceptors (Lipinski definition) is 2. The van der Waals surface area contributed by atoms with Crippen LogP contribution in [0, 0.1) is 0 Å². The molecule has 2 heterocycles. The maximum Gasteiger partial charge on any atom is 0.0562 e. The summed E-state index contributed by atoms with van der Waals surface area (Å²) in [6.45, 7) is 0. The van der Waals surface area contributed by atoms with Crippen LogP contribution in [0.15, 0.2) is 267 Å². The van der Waals surface area contributed by atoms with Gasteiger partial charge in [-0.3, -0.25) is 0 Å². The standard InChI is InChI=1S/C68H44N2S/c1-4-18-45(19-5-1)48-23-14-24-52(43-48)65-56(57-30-16-35-64-66(57)59-41-39-47-22-10-11-27-55(47)68(59)71-64)29-15-32-61(65)70(54-40-38-50-42-49(36-37-51(50)44-54)46-20-6-2-7-21-46)63-34-17-33-62-67(63)58-28-12-13-31-60(58)69(62)53-25-8-3-9-26-53/h1-44H. The zero-order valence-corrected chi connectivity index (χ0v) is 39.5. The molecule has 0 radical (unpaired) electrons. The van der Waals surface area contributed by atoms with E-state index < -0.39 is 0 Å². The van der Waals surface area contributed by atoms with Crippen molar-refractivity contribution in [3.05, 3.63) is 267 Å². The van der Waals surface area contributed by atoms with E-state index in [4.69, 9.17) is 0 Å². The van der Waals surface area contributed by atoms with Crippen molar-refractivity contribution < 1.29 is 0 Å². The lowest BCUT2D eigenvalue weighted by molar-refractivity contribution is 1.18. The Hall–Kier alpha value is -9.02. The Balaban J connectivity index is 1.09. The summed E-state index contributed by atoms with van der Waals surface area (Å²) in [5.74, 6) is 0. The van der Waals surface area contributed by atoms with Crippen LogP contribution in [0.25, 0.3) is 114 Å². The molecule has 0 saturated carbocycles. The zero-order valence-electron chi connectivity index (χ0n) is 38.7. The molecule has 2 aromatic heterocycles. The summed E-state index contributed by atoms with van der Waals surface area (Å²) >= 11 is 1.90. The van der Waals surface area contributed by atoms with Crippen molar-refractivity contribution in [2.75, 3.05) is 4.90 Å². The molecule has 14 aromatic rings. The Kier molecular flexibility index (Phi) is 9.75. The first-order valence-electron chi connectivity index (χ1n) is 24.3. The third kappa shape index (κ3) is 6.85. The molecule has 2 nitrogen and oxygen atoms in total. The number of anilines is 3. The van der Waals surface area contributed by atoms with Crippen LogP contribution in [0.1, 0.15) is 0 Å². The molecule has 0 N–H and O–H groups in total. The lowest BCUT2D eigenvalue weighted by Crippen LogP contribution is -2.12. The minimum atomic E-state index is 1.08. The van der Waals surface area contributed by atoms with Gasteiger partial charge in [0, 0.05) is 47.9 Å². The van der Waals surface area contributed by atoms with Crippen LogP contribution in [0.5, 0.6) is 0 Å². The van der Waals surface area contributed by atoms with Crippen LogP contribution in [0.3, 0.4) is 0 Å². The molecule has 0 atom stereocenters. The summed E-state index contributed by atoms with van der Waals surface area (Å²) in [6, 6.07) is 98.2. The van der Waals surface area contributed by atoms with Gasteiger partial charge in [0.15, 0.2) is 0 Å². The van der Waals surface area contributed by atoms with Gasteiger partial charge in [-0.15, -0.1) is 11.3 Å². The van der Waals surface area contributed by atoms with Gasteiger partial charge in [0.1, 0.15) is 0 Å². The van der Waals surface area contributed by atoms with E-state index >= 15 is 0 Å². The van der Waals surface area contributed by atoms with Crippen molar-refractivity contribution in [1.29, 1.82) is 0 Å². The topological polar surface area (TPSA) is 8.17 Å². The molecular formula is C68H44N2S. The summed E-state index contributed by atoms with van der Waals surface area (Å²) in [7, 11) is 0. The lowest BCUT2D eigenvalue weighted by Gasteiger charge is -2.30. The molecule has 0 unspecified atom stereocenters. The Morgan fingerprint density at radius 1 is 0.324 bits per heavy atom. The van der Waals surface area contributed by atoms with Gasteiger partial charge in [0.2, 0.25) is 0 Å². The molecule has 0 aliphatic rings. The molecule has 0 aliphatic carbocycles. The molecule has 0 saturated heterocycles. The van der Waals surface area contributed by atoms with E-state index in [1.807, 2.05) is 11.3 Å². The van der Waals surface area contributed by atoms with Crippen LogP contribution in [0.4, 0.5) is 17.1 Å². The smallest absolute Gasteiger partial charge is 0.0562 e. The van der Waals surface area contributed by atoms with Crippen LogP contribution < -0.4 is 4.90 Å². The number of para-hydroxylation sites is 2. The number of benzene rings is 12. The highest BCUT2D eigenvalue weighted by molar-refractivity contribution is 7.26. The molecule has 0 bridgehead atoms. The van der Waals surface area contributed by atoms with E-state index in [0.717, 1.165) is 33.8 Å². The van der Waals surface area contributed by atoms with Crippen molar-refractivity contribution in [2.45, 2.75) is 0 Å². The van der Waals surface area contributed by atoms with Crippen molar-refractivity contribution in [3.8, 4) is 50.2 Å². The predicted molar refractivity (Wildman–Crippen MR) is 305 cm³/mol. The summed E-state index contributed by atoms with van der Waals surface area (Å²) < 4.78 is 5.02. The van der Waals surface area contributed by atoms with Gasteiger partial charge in [0.05, 0.1) is 22.4 Å². The molecule has 0 amide bonds. The van der Waals surface area contributed by atoms with Gasteiger partial charge >= 0.3 is 0 Å². The van der Waals surface area contributed by atoms with E-state index in [9.17, 15) is 0 Å². The van der Waals surface area contributed by atoms with Crippen molar-refractivity contribution in [1.82, 2.24) is 4.57 Å². The van der Waals surface area contributed by atoms with E-state index in [2.05, 4.69) is 276 Å². The highest BCUT2D eigenvalue weighted by Gasteiger charge is 2.26. The second-order valence-corrected chi connectivity index (χ2v) is 19.4. The number of thiophene rings is 1. The number of fused-ring (bicyclic) bond motifs is 9. The molecular weight excluding hydrogens is 877 g/mol. The maximum absolute atomic E-state index is 2.54. The van der Waals surface area contributed by atoms with Gasteiger partial charge < -0.3 is 9.47 Å². The van der Waals surface area contributed by atoms with Gasteiger partial charge in [-0.1, -0.05) is 200 Å². The van der Waals surface area contributed by atoms with E-state index in [1.54, 1.807) is 0 Å². The summed E-state index contributed by atoms with van der Waals surface area (Å²) in [6.07, 6.45) is 0. The third-order valence-corrected chi connectivity index (χ3v) is 15.5. The average Bonchev–Trinajstić information content (AvgIpc) is 4.01. The van der Waals surface area contributed by atoms with Crippen LogP contribution >= 0.6 is 11.3 Å². The number of nitrogens with zero attached hydrogens (tertiary/aromatic N) is 2. The molecule has 14 rings (SSSR count). The van der Waals surface area contributed by atoms with E-state index in [0.29, 0.717) is 0 Å². The van der Waals surface area contributed by atoms with Crippen molar-refractivity contribution >= 4 is 91.9 Å². The van der Waals surface area contributed by atoms with E-state index in [-0.39, 0.29) is 0 Å². The average molecular weight is 921 g/mol. The predicted octanol–water partition coefficient (Wildman–Crippen LogP) is 19.6. The van der Waals surface area contributed by atoms with E-state index in [1.165, 1.54) is 97.0 Å². The molecule has 12 aromatic carbocycles. The zero-order chi connectivity index (χ0) is 46.8. The van der Waals surface area contributed by atoms with Crippen molar-refractivity contribution in [3.63, 3.8) is 0 Å². The normalized spacial score (nSPS) is 11.7. The first-order valence-corrected chi connectivity index (χ1v) is 25.1. The largest absolute Gasteiger partial charge is 0.309 e. The second-order valence-electron chi connectivity index (χ2n) is 18.4. The number of rotatable bonds is 8. The Morgan fingerprint density at radius 2 is 0.915 bits per heavy atom. The van der Waals surface area contributed by atoms with Gasteiger partial charge in [-0.05, 0) is 127 Å². The second kappa shape index (κ2) is 16.9. The Bertz CT molecular complexity index is 4340. The summed E-state index contributed by atoms with van der Waals surface area (Å²) in [5, 5.41) is 9.90. The maximum atomic E-state index is 2.54. The highest BCUT2D eigenvalue weighted by Crippen LogP contribution is 2.52. The van der Waals surface area contributed by atoms with Crippen LogP contribution in [0.2, 0.25) is 0 Å². The Labute approximate surface area is 416 Å². The fourth-order valence-corrected chi connectivity index (χ4v) is 12.4. The third-order valence-electron chi connectivity index (χ3n) is 14.3. The molecule has 71 heavy (non-hydrogen) atoms. The number of hydrogen-bond donors (Lipinski definition) is 0. The SMILES string of the molecule is c1ccc(-c2cccc(-c3c(-c4cccc5sc6c7ccccc7ccc6c45)cccc3N(c3ccc4cc(-c5ccccc5)ccc4c3)c3cccc4c3c3ccccc3n4-c3ccccc3)c2)cc1. The van der Waals surface area contributed by atoms with Gasteiger partial charge in [-0.25, -0.2) is 0 Å². The molecule has 0 fully saturated rings. The van der Waals surface area contributed by atoms with Crippen LogP contribution in [-0.2, 0) is 0 Å². The minimum Gasteiger partial charge on any atom is -0.309 e. The minimum absolute atomic E-state index is 1.08. The van der Waals surface area contributed by atoms with Crippen molar-refractivity contribution in [2.24, 2.45) is 0 Å². The lowest BCUT2D eigenvalue weighted by atomic mass is 9.88. The highest BCUT2D eigenvalue weighted by atomic mass is 32.1. The fraction of sp³-hybridized carbons (Fsp3) is 0. The van der Waals surface area contributed by atoms with Crippen LogP contribution in [-0.4, -0.2) is 4.57 Å². The van der Waals surface area contributed by atoms with Gasteiger partial charge in [-0.2, -0.15) is 0 Å². The first kappa shape index (κ1) is 41.0.